The molecule has 0 amide bonds. The van der Waals surface area contributed by atoms with E-state index in [1.165, 1.54) is 16.8 Å². The van der Waals surface area contributed by atoms with Gasteiger partial charge in [0.05, 0.1) is 6.10 Å². The molecule has 0 aliphatic heterocycles. The van der Waals surface area contributed by atoms with Gasteiger partial charge in [-0.3, -0.25) is 0 Å². The van der Waals surface area contributed by atoms with Crippen LogP contribution in [-0.4, -0.2) is 17.8 Å². The summed E-state index contributed by atoms with van der Waals surface area (Å²) in [6.07, 6.45) is 5.28. The van der Waals surface area contributed by atoms with Crippen molar-refractivity contribution in [1.29, 1.82) is 0 Å². The topological polar surface area (TPSA) is 32.3 Å². The zero-order valence-electron chi connectivity index (χ0n) is 11.6. The monoisotopic (exact) mass is 247 g/mol. The minimum atomic E-state index is -0.0501. The van der Waals surface area contributed by atoms with E-state index in [0.717, 1.165) is 44.6 Å². The second kappa shape index (κ2) is 6.24. The van der Waals surface area contributed by atoms with Crippen LogP contribution in [0.2, 0.25) is 0 Å². The van der Waals surface area contributed by atoms with E-state index in [4.69, 9.17) is 0 Å². The molecule has 2 rings (SSSR count). The van der Waals surface area contributed by atoms with Gasteiger partial charge >= 0.3 is 0 Å². The van der Waals surface area contributed by atoms with Gasteiger partial charge in [-0.15, -0.1) is 0 Å². The van der Waals surface area contributed by atoms with Gasteiger partial charge < -0.3 is 10.4 Å². The molecule has 1 fully saturated rings. The van der Waals surface area contributed by atoms with Crippen LogP contribution in [0.3, 0.4) is 0 Å². The molecule has 0 atom stereocenters. The number of nitrogens with one attached hydrogen (secondary N) is 1. The van der Waals surface area contributed by atoms with Crippen LogP contribution in [0.25, 0.3) is 0 Å². The highest BCUT2D eigenvalue weighted by molar-refractivity contribution is 5.57. The Balaban J connectivity index is 1.93. The van der Waals surface area contributed by atoms with Gasteiger partial charge in [-0.25, -0.2) is 0 Å². The van der Waals surface area contributed by atoms with Crippen LogP contribution >= 0.6 is 0 Å². The van der Waals surface area contributed by atoms with Gasteiger partial charge in [0.2, 0.25) is 0 Å². The van der Waals surface area contributed by atoms with Gasteiger partial charge in [0.15, 0.2) is 0 Å². The maximum Gasteiger partial charge on any atom is 0.0540 e. The molecule has 100 valence electrons. The summed E-state index contributed by atoms with van der Waals surface area (Å²) in [6, 6.07) is 6.52. The van der Waals surface area contributed by atoms with Crippen molar-refractivity contribution in [2.24, 2.45) is 5.92 Å². The highest BCUT2D eigenvalue weighted by atomic mass is 16.3. The highest BCUT2D eigenvalue weighted by Gasteiger charge is 2.19. The van der Waals surface area contributed by atoms with E-state index in [1.54, 1.807) is 0 Å². The number of aliphatic hydroxyl groups excluding tert-OH is 1. The maximum absolute atomic E-state index is 9.52. The summed E-state index contributed by atoms with van der Waals surface area (Å²) in [5, 5.41) is 13.2. The predicted molar refractivity (Wildman–Crippen MR) is 77.0 cm³/mol. The predicted octanol–water partition coefficient (Wildman–Crippen LogP) is 3.52. The Kier molecular flexibility index (Phi) is 4.65. The quantitative estimate of drug-likeness (QED) is 0.853. The lowest BCUT2D eigenvalue weighted by Gasteiger charge is -2.26. The molecule has 0 heterocycles. The molecular formula is C16H25NO. The second-order valence-electron chi connectivity index (χ2n) is 5.52. The van der Waals surface area contributed by atoms with Crippen molar-refractivity contribution in [3.8, 4) is 0 Å². The fourth-order valence-electron chi connectivity index (χ4n) is 2.87. The Morgan fingerprint density at radius 3 is 2.61 bits per heavy atom. The first-order valence-electron chi connectivity index (χ1n) is 7.21. The summed E-state index contributed by atoms with van der Waals surface area (Å²) in [7, 11) is 0. The molecule has 0 unspecified atom stereocenters. The molecule has 2 N–H and O–H groups in total. The summed E-state index contributed by atoms with van der Waals surface area (Å²) in [5.74, 6) is 0.720. The normalized spacial score (nSPS) is 23.9. The zero-order chi connectivity index (χ0) is 13.0. The number of aliphatic hydroxyl groups is 1. The van der Waals surface area contributed by atoms with E-state index < -0.39 is 0 Å². The SMILES string of the molecule is CCc1cccc(C)c1NCC1CCC(O)CC1. The lowest BCUT2D eigenvalue weighted by atomic mass is 9.87. The van der Waals surface area contributed by atoms with Crippen molar-refractivity contribution in [3.05, 3.63) is 29.3 Å². The molecule has 0 saturated heterocycles. The number of anilines is 1. The number of benzene rings is 1. The van der Waals surface area contributed by atoms with Gasteiger partial charge in [0, 0.05) is 12.2 Å². The van der Waals surface area contributed by atoms with Crippen molar-refractivity contribution < 1.29 is 5.11 Å². The highest BCUT2D eigenvalue weighted by Crippen LogP contribution is 2.26. The molecule has 0 aromatic heterocycles. The Morgan fingerprint density at radius 1 is 1.22 bits per heavy atom. The smallest absolute Gasteiger partial charge is 0.0540 e. The summed E-state index contributed by atoms with van der Waals surface area (Å²) in [4.78, 5) is 0. The number of para-hydroxylation sites is 1. The van der Waals surface area contributed by atoms with E-state index in [0.29, 0.717) is 0 Å². The Hall–Kier alpha value is -1.02. The maximum atomic E-state index is 9.52. The first-order valence-corrected chi connectivity index (χ1v) is 7.21. The van der Waals surface area contributed by atoms with Crippen LogP contribution in [0.15, 0.2) is 18.2 Å². The summed E-state index contributed by atoms with van der Waals surface area (Å²) in [5.41, 5.74) is 4.07. The molecule has 2 nitrogen and oxygen atoms in total. The molecule has 1 aliphatic carbocycles. The van der Waals surface area contributed by atoms with E-state index >= 15 is 0 Å². The second-order valence-corrected chi connectivity index (χ2v) is 5.52. The first kappa shape index (κ1) is 13.4. The molecule has 1 aromatic rings. The molecule has 1 aromatic carbocycles. The van der Waals surface area contributed by atoms with Crippen molar-refractivity contribution in [3.63, 3.8) is 0 Å². The first-order chi connectivity index (χ1) is 8.70. The molecule has 0 radical (unpaired) electrons. The third-order valence-electron chi connectivity index (χ3n) is 4.12. The van der Waals surface area contributed by atoms with Crippen LogP contribution < -0.4 is 5.32 Å². The summed E-state index contributed by atoms with van der Waals surface area (Å²) in [6.45, 7) is 5.42. The minimum absolute atomic E-state index is 0.0501. The number of aryl methyl sites for hydroxylation is 2. The third-order valence-corrected chi connectivity index (χ3v) is 4.12. The van der Waals surface area contributed by atoms with Crippen molar-refractivity contribution in [1.82, 2.24) is 0 Å². The van der Waals surface area contributed by atoms with E-state index in [1.807, 2.05) is 0 Å². The fraction of sp³-hybridized carbons (Fsp3) is 0.625. The van der Waals surface area contributed by atoms with Crippen LogP contribution in [0.5, 0.6) is 0 Å². The lowest BCUT2D eigenvalue weighted by Crippen LogP contribution is -2.24. The average molecular weight is 247 g/mol. The largest absolute Gasteiger partial charge is 0.393 e. The number of hydrogen-bond donors (Lipinski definition) is 2. The van der Waals surface area contributed by atoms with Crippen LogP contribution in [0, 0.1) is 12.8 Å². The standard InChI is InChI=1S/C16H25NO/c1-3-14-6-4-5-12(2)16(14)17-11-13-7-9-15(18)10-8-13/h4-6,13,15,17-18H,3,7-11H2,1-2H3. The molecule has 0 spiro atoms. The summed E-state index contributed by atoms with van der Waals surface area (Å²) < 4.78 is 0. The fourth-order valence-corrected chi connectivity index (χ4v) is 2.87. The minimum Gasteiger partial charge on any atom is -0.393 e. The van der Waals surface area contributed by atoms with Crippen molar-refractivity contribution in [2.75, 3.05) is 11.9 Å². The molecular weight excluding hydrogens is 222 g/mol. The van der Waals surface area contributed by atoms with Gasteiger partial charge in [-0.05, 0) is 56.1 Å². The number of hydrogen-bond acceptors (Lipinski definition) is 2. The molecule has 1 aliphatic rings. The Bertz CT molecular complexity index is 381. The Morgan fingerprint density at radius 2 is 1.94 bits per heavy atom. The van der Waals surface area contributed by atoms with E-state index in [2.05, 4.69) is 37.4 Å². The average Bonchev–Trinajstić information content (AvgIpc) is 2.39. The van der Waals surface area contributed by atoms with Gasteiger partial charge in [-0.1, -0.05) is 25.1 Å². The van der Waals surface area contributed by atoms with Gasteiger partial charge in [0.25, 0.3) is 0 Å². The summed E-state index contributed by atoms with van der Waals surface area (Å²) >= 11 is 0. The molecule has 2 heteroatoms. The lowest BCUT2D eigenvalue weighted by molar-refractivity contribution is 0.111. The van der Waals surface area contributed by atoms with E-state index in [-0.39, 0.29) is 6.10 Å². The van der Waals surface area contributed by atoms with Gasteiger partial charge in [0.1, 0.15) is 0 Å². The molecule has 0 bridgehead atoms. The van der Waals surface area contributed by atoms with Crippen LogP contribution in [0.1, 0.15) is 43.7 Å². The van der Waals surface area contributed by atoms with Crippen LogP contribution in [0.4, 0.5) is 5.69 Å². The number of rotatable bonds is 4. The molecule has 18 heavy (non-hydrogen) atoms. The zero-order valence-corrected chi connectivity index (χ0v) is 11.6. The molecule has 1 saturated carbocycles. The van der Waals surface area contributed by atoms with Crippen molar-refractivity contribution in [2.45, 2.75) is 52.1 Å². The Labute approximate surface area is 110 Å². The van der Waals surface area contributed by atoms with Crippen LogP contribution in [-0.2, 0) is 6.42 Å². The van der Waals surface area contributed by atoms with Gasteiger partial charge in [-0.2, -0.15) is 0 Å². The van der Waals surface area contributed by atoms with Crippen molar-refractivity contribution >= 4 is 5.69 Å². The van der Waals surface area contributed by atoms with E-state index in [9.17, 15) is 5.11 Å². The third kappa shape index (κ3) is 3.26.